The molecular weight excluding hydrogens is 237 g/mol. The van der Waals surface area contributed by atoms with Crippen LogP contribution in [0.15, 0.2) is 36.7 Å². The first-order chi connectivity index (χ1) is 8.66. The zero-order valence-electron chi connectivity index (χ0n) is 9.34. The fraction of sp³-hybridized carbons (Fsp3) is 0.0833. The number of anilines is 1. The van der Waals surface area contributed by atoms with E-state index in [-0.39, 0.29) is 17.9 Å². The molecule has 92 valence electrons. The first-order valence-electron chi connectivity index (χ1n) is 5.15. The number of nitrogens with two attached hydrogens (primary N) is 1. The Morgan fingerprint density at radius 3 is 2.78 bits per heavy atom. The van der Waals surface area contributed by atoms with E-state index < -0.39 is 11.8 Å². The summed E-state index contributed by atoms with van der Waals surface area (Å²) in [6.45, 7) is -0.0877. The van der Waals surface area contributed by atoms with Crippen molar-refractivity contribution in [2.45, 2.75) is 6.61 Å². The van der Waals surface area contributed by atoms with Crippen LogP contribution in [-0.4, -0.2) is 15.9 Å². The molecule has 0 saturated carbocycles. The lowest BCUT2D eigenvalue weighted by Gasteiger charge is -2.06. The SMILES string of the molecule is Nc1ccc(F)cc1C(=O)OCc1ncccn1. The van der Waals surface area contributed by atoms with E-state index in [1.165, 1.54) is 24.5 Å². The molecule has 2 N–H and O–H groups in total. The number of nitrogens with zero attached hydrogens (tertiary/aromatic N) is 2. The lowest BCUT2D eigenvalue weighted by molar-refractivity contribution is 0.0463. The topological polar surface area (TPSA) is 78.1 Å². The number of esters is 1. The molecule has 0 unspecified atom stereocenters. The second kappa shape index (κ2) is 5.22. The highest BCUT2D eigenvalue weighted by atomic mass is 19.1. The first kappa shape index (κ1) is 12.0. The molecule has 0 aliphatic carbocycles. The second-order valence-corrected chi connectivity index (χ2v) is 3.47. The fourth-order valence-corrected chi connectivity index (χ4v) is 1.32. The van der Waals surface area contributed by atoms with Crippen molar-refractivity contribution in [1.82, 2.24) is 9.97 Å². The van der Waals surface area contributed by atoms with Crippen LogP contribution in [0.3, 0.4) is 0 Å². The molecule has 0 fully saturated rings. The molecule has 0 atom stereocenters. The number of benzene rings is 1. The molecule has 2 rings (SSSR count). The summed E-state index contributed by atoms with van der Waals surface area (Å²) in [7, 11) is 0. The highest BCUT2D eigenvalue weighted by Crippen LogP contribution is 2.14. The van der Waals surface area contributed by atoms with E-state index in [1.807, 2.05) is 0 Å². The molecule has 0 saturated heterocycles. The van der Waals surface area contributed by atoms with E-state index in [2.05, 4.69) is 9.97 Å². The van der Waals surface area contributed by atoms with Gasteiger partial charge in [0.05, 0.1) is 5.56 Å². The molecule has 0 aliphatic heterocycles. The minimum atomic E-state index is -0.709. The molecule has 5 nitrogen and oxygen atoms in total. The number of ether oxygens (including phenoxy) is 1. The average Bonchev–Trinajstić information content (AvgIpc) is 2.40. The fourth-order valence-electron chi connectivity index (χ4n) is 1.32. The van der Waals surface area contributed by atoms with Gasteiger partial charge in [-0.1, -0.05) is 0 Å². The molecule has 18 heavy (non-hydrogen) atoms. The number of hydrogen-bond acceptors (Lipinski definition) is 5. The van der Waals surface area contributed by atoms with E-state index in [9.17, 15) is 9.18 Å². The van der Waals surface area contributed by atoms with Gasteiger partial charge in [-0.05, 0) is 24.3 Å². The lowest BCUT2D eigenvalue weighted by Crippen LogP contribution is -2.10. The summed E-state index contributed by atoms with van der Waals surface area (Å²) in [6.07, 6.45) is 3.07. The van der Waals surface area contributed by atoms with E-state index >= 15 is 0 Å². The summed E-state index contributed by atoms with van der Waals surface area (Å²) in [6, 6.07) is 5.16. The van der Waals surface area contributed by atoms with Gasteiger partial charge in [0.2, 0.25) is 0 Å². The van der Waals surface area contributed by atoms with Crippen molar-refractivity contribution < 1.29 is 13.9 Å². The van der Waals surface area contributed by atoms with Gasteiger partial charge in [0.1, 0.15) is 5.82 Å². The maximum Gasteiger partial charge on any atom is 0.340 e. The molecule has 0 radical (unpaired) electrons. The Morgan fingerprint density at radius 2 is 2.06 bits per heavy atom. The molecule has 1 aromatic heterocycles. The third-order valence-corrected chi connectivity index (χ3v) is 2.19. The van der Waals surface area contributed by atoms with Crippen molar-refractivity contribution in [3.8, 4) is 0 Å². The van der Waals surface area contributed by atoms with Gasteiger partial charge in [-0.25, -0.2) is 19.2 Å². The predicted molar refractivity (Wildman–Crippen MR) is 62.0 cm³/mol. The Bertz CT molecular complexity index is 561. The Balaban J connectivity index is 2.06. The normalized spacial score (nSPS) is 10.1. The summed E-state index contributed by atoms with van der Waals surface area (Å²) in [4.78, 5) is 19.4. The van der Waals surface area contributed by atoms with E-state index in [0.717, 1.165) is 6.07 Å². The van der Waals surface area contributed by atoms with Crippen molar-refractivity contribution in [2.24, 2.45) is 0 Å². The van der Waals surface area contributed by atoms with Gasteiger partial charge < -0.3 is 10.5 Å². The van der Waals surface area contributed by atoms with Crippen molar-refractivity contribution in [3.63, 3.8) is 0 Å². The summed E-state index contributed by atoms with van der Waals surface area (Å²) in [5, 5.41) is 0. The van der Waals surface area contributed by atoms with Crippen LogP contribution < -0.4 is 5.73 Å². The summed E-state index contributed by atoms with van der Waals surface area (Å²) in [5.41, 5.74) is 5.71. The first-order valence-corrected chi connectivity index (χ1v) is 5.15. The Kier molecular flexibility index (Phi) is 3.47. The lowest BCUT2D eigenvalue weighted by atomic mass is 10.2. The molecule has 0 spiro atoms. The number of hydrogen-bond donors (Lipinski definition) is 1. The van der Waals surface area contributed by atoms with Crippen LogP contribution in [0.25, 0.3) is 0 Å². The molecule has 0 bridgehead atoms. The maximum atomic E-state index is 13.0. The number of halogens is 1. The van der Waals surface area contributed by atoms with Gasteiger partial charge >= 0.3 is 5.97 Å². The minimum Gasteiger partial charge on any atom is -0.454 e. The zero-order valence-corrected chi connectivity index (χ0v) is 9.34. The Hall–Kier alpha value is -2.50. The van der Waals surface area contributed by atoms with Crippen molar-refractivity contribution in [1.29, 1.82) is 0 Å². The standard InChI is InChI=1S/C12H10FN3O2/c13-8-2-3-10(14)9(6-8)12(17)18-7-11-15-4-1-5-16-11/h1-6H,7,14H2. The van der Waals surface area contributed by atoms with Crippen LogP contribution in [0.4, 0.5) is 10.1 Å². The highest BCUT2D eigenvalue weighted by molar-refractivity contribution is 5.94. The number of nitrogen functional groups attached to an aromatic ring is 1. The van der Waals surface area contributed by atoms with E-state index in [4.69, 9.17) is 10.5 Å². The zero-order chi connectivity index (χ0) is 13.0. The molecule has 2 aromatic rings. The van der Waals surface area contributed by atoms with Crippen LogP contribution in [0.5, 0.6) is 0 Å². The van der Waals surface area contributed by atoms with E-state index in [0.29, 0.717) is 5.82 Å². The monoisotopic (exact) mass is 247 g/mol. The van der Waals surface area contributed by atoms with Crippen LogP contribution >= 0.6 is 0 Å². The number of carbonyl (C=O) groups excluding carboxylic acids is 1. The van der Waals surface area contributed by atoms with Gasteiger partial charge in [-0.15, -0.1) is 0 Å². The van der Waals surface area contributed by atoms with Gasteiger partial charge in [-0.2, -0.15) is 0 Å². The molecular formula is C12H10FN3O2. The van der Waals surface area contributed by atoms with Crippen LogP contribution in [-0.2, 0) is 11.3 Å². The van der Waals surface area contributed by atoms with Crippen LogP contribution in [0.1, 0.15) is 16.2 Å². The second-order valence-electron chi connectivity index (χ2n) is 3.47. The van der Waals surface area contributed by atoms with Gasteiger partial charge in [0.25, 0.3) is 0 Å². The molecule has 1 aromatic carbocycles. The third-order valence-electron chi connectivity index (χ3n) is 2.19. The Morgan fingerprint density at radius 1 is 1.33 bits per heavy atom. The largest absolute Gasteiger partial charge is 0.454 e. The number of aromatic nitrogens is 2. The summed E-state index contributed by atoms with van der Waals surface area (Å²) in [5.74, 6) is -0.896. The van der Waals surface area contributed by atoms with Gasteiger partial charge in [-0.3, -0.25) is 0 Å². The van der Waals surface area contributed by atoms with Gasteiger partial charge in [0, 0.05) is 18.1 Å². The van der Waals surface area contributed by atoms with Crippen molar-refractivity contribution in [2.75, 3.05) is 5.73 Å². The van der Waals surface area contributed by atoms with Crippen LogP contribution in [0, 0.1) is 5.82 Å². The third kappa shape index (κ3) is 2.79. The highest BCUT2D eigenvalue weighted by Gasteiger charge is 2.12. The van der Waals surface area contributed by atoms with E-state index in [1.54, 1.807) is 6.07 Å². The summed E-state index contributed by atoms with van der Waals surface area (Å²) >= 11 is 0. The summed E-state index contributed by atoms with van der Waals surface area (Å²) < 4.78 is 17.9. The maximum absolute atomic E-state index is 13.0. The minimum absolute atomic E-state index is 0.00840. The molecule has 6 heteroatoms. The average molecular weight is 247 g/mol. The van der Waals surface area contributed by atoms with Gasteiger partial charge in [0.15, 0.2) is 12.4 Å². The van der Waals surface area contributed by atoms with Crippen LogP contribution in [0.2, 0.25) is 0 Å². The number of carbonyl (C=O) groups is 1. The van der Waals surface area contributed by atoms with Crippen molar-refractivity contribution in [3.05, 3.63) is 53.9 Å². The Labute approximate surface area is 102 Å². The van der Waals surface area contributed by atoms with Crippen molar-refractivity contribution >= 4 is 11.7 Å². The smallest absolute Gasteiger partial charge is 0.340 e. The molecule has 1 heterocycles. The predicted octanol–water partition coefficient (Wildman–Crippen LogP) is 1.55. The molecule has 0 amide bonds. The molecule has 0 aliphatic rings. The quantitative estimate of drug-likeness (QED) is 0.657. The number of rotatable bonds is 3.